The minimum atomic E-state index is -0.497. The molecule has 2 saturated heterocycles. The van der Waals surface area contributed by atoms with Crippen molar-refractivity contribution in [2.24, 2.45) is 0 Å². The van der Waals surface area contributed by atoms with Gasteiger partial charge in [0, 0.05) is 25.0 Å². The lowest BCUT2D eigenvalue weighted by Crippen LogP contribution is -2.49. The fourth-order valence-corrected chi connectivity index (χ4v) is 3.96. The van der Waals surface area contributed by atoms with Crippen molar-refractivity contribution in [3.05, 3.63) is 35.4 Å². The van der Waals surface area contributed by atoms with Gasteiger partial charge in [-0.25, -0.2) is 9.59 Å². The lowest BCUT2D eigenvalue weighted by Gasteiger charge is -2.41. The van der Waals surface area contributed by atoms with Gasteiger partial charge in [0.25, 0.3) is 0 Å². The molecule has 0 aromatic heterocycles. The summed E-state index contributed by atoms with van der Waals surface area (Å²) in [6, 6.07) is 8.01. The van der Waals surface area contributed by atoms with E-state index in [1.807, 2.05) is 18.2 Å². The second kappa shape index (κ2) is 7.54. The van der Waals surface area contributed by atoms with Crippen molar-refractivity contribution in [1.29, 1.82) is 0 Å². The Bertz CT molecular complexity index is 646. The SMILES string of the molecule is COC(=O)c1ccccc1CN1C(C)CCC2OC(C(=O)OC)CC21. The number of esters is 2. The lowest BCUT2D eigenvalue weighted by atomic mass is 9.91. The molecular weight excluding hydrogens is 322 g/mol. The van der Waals surface area contributed by atoms with Gasteiger partial charge in [0.2, 0.25) is 0 Å². The van der Waals surface area contributed by atoms with E-state index < -0.39 is 6.10 Å². The quantitative estimate of drug-likeness (QED) is 0.778. The highest BCUT2D eigenvalue weighted by atomic mass is 16.6. The van der Waals surface area contributed by atoms with Crippen LogP contribution in [-0.2, 0) is 25.5 Å². The Morgan fingerprint density at radius 2 is 1.96 bits per heavy atom. The molecule has 1 aromatic carbocycles. The zero-order valence-electron chi connectivity index (χ0n) is 14.9. The van der Waals surface area contributed by atoms with E-state index in [0.717, 1.165) is 18.4 Å². The molecule has 6 heteroatoms. The van der Waals surface area contributed by atoms with Gasteiger partial charge in [-0.15, -0.1) is 0 Å². The second-order valence-corrected chi connectivity index (χ2v) is 6.74. The largest absolute Gasteiger partial charge is 0.467 e. The number of fused-ring (bicyclic) bond motifs is 1. The Hall–Kier alpha value is -1.92. The van der Waals surface area contributed by atoms with Crippen molar-refractivity contribution >= 4 is 11.9 Å². The van der Waals surface area contributed by atoms with Gasteiger partial charge < -0.3 is 14.2 Å². The third-order valence-electron chi connectivity index (χ3n) is 5.32. The molecule has 25 heavy (non-hydrogen) atoms. The number of carbonyl (C=O) groups excluding carboxylic acids is 2. The highest BCUT2D eigenvalue weighted by Gasteiger charge is 2.46. The number of likely N-dealkylation sites (tertiary alicyclic amines) is 1. The number of ether oxygens (including phenoxy) is 3. The fraction of sp³-hybridized carbons (Fsp3) is 0.579. The van der Waals surface area contributed by atoms with Crippen LogP contribution >= 0.6 is 0 Å². The van der Waals surface area contributed by atoms with Crippen LogP contribution in [0.3, 0.4) is 0 Å². The minimum absolute atomic E-state index is 0.0330. The zero-order chi connectivity index (χ0) is 18.0. The second-order valence-electron chi connectivity index (χ2n) is 6.74. The molecule has 3 rings (SSSR count). The number of methoxy groups -OCH3 is 2. The molecule has 0 N–H and O–H groups in total. The summed E-state index contributed by atoms with van der Waals surface area (Å²) in [4.78, 5) is 26.2. The number of carbonyl (C=O) groups is 2. The van der Waals surface area contributed by atoms with Crippen LogP contribution in [0.25, 0.3) is 0 Å². The van der Waals surface area contributed by atoms with E-state index in [1.165, 1.54) is 14.2 Å². The van der Waals surface area contributed by atoms with Crippen LogP contribution in [0.15, 0.2) is 24.3 Å². The number of piperidine rings is 1. The molecule has 2 aliphatic rings. The van der Waals surface area contributed by atoms with Crippen molar-refractivity contribution < 1.29 is 23.8 Å². The summed E-state index contributed by atoms with van der Waals surface area (Å²) in [5, 5.41) is 0. The van der Waals surface area contributed by atoms with E-state index in [2.05, 4.69) is 11.8 Å². The molecule has 1 aromatic rings. The normalized spacial score (nSPS) is 29.1. The number of hydrogen-bond donors (Lipinski definition) is 0. The maximum atomic E-state index is 12.0. The highest BCUT2D eigenvalue weighted by molar-refractivity contribution is 5.90. The summed E-state index contributed by atoms with van der Waals surface area (Å²) < 4.78 is 15.7. The summed E-state index contributed by atoms with van der Waals surface area (Å²) >= 11 is 0. The molecule has 0 spiro atoms. The summed E-state index contributed by atoms with van der Waals surface area (Å²) in [5.41, 5.74) is 1.52. The third-order valence-corrected chi connectivity index (χ3v) is 5.32. The summed E-state index contributed by atoms with van der Waals surface area (Å²) in [6.07, 6.45) is 2.10. The monoisotopic (exact) mass is 347 g/mol. The Kier molecular flexibility index (Phi) is 5.39. The smallest absolute Gasteiger partial charge is 0.338 e. The Morgan fingerprint density at radius 1 is 1.20 bits per heavy atom. The lowest BCUT2D eigenvalue weighted by molar-refractivity contribution is -0.153. The van der Waals surface area contributed by atoms with Gasteiger partial charge in [-0.2, -0.15) is 0 Å². The molecule has 0 bridgehead atoms. The summed E-state index contributed by atoms with van der Waals surface area (Å²) in [7, 11) is 2.78. The molecule has 6 nitrogen and oxygen atoms in total. The summed E-state index contributed by atoms with van der Waals surface area (Å²) in [5.74, 6) is -0.635. The molecule has 2 aliphatic heterocycles. The number of benzene rings is 1. The standard InChI is InChI=1S/C19H25NO5/c1-12-8-9-16-15(10-17(25-16)19(22)24-3)20(12)11-13-6-4-5-7-14(13)18(21)23-2/h4-7,12,15-17H,8-11H2,1-3H3. The van der Waals surface area contributed by atoms with Crippen LogP contribution in [-0.4, -0.2) is 55.3 Å². The van der Waals surface area contributed by atoms with Crippen molar-refractivity contribution in [2.45, 2.75) is 57.0 Å². The van der Waals surface area contributed by atoms with Gasteiger partial charge >= 0.3 is 11.9 Å². The fourth-order valence-electron chi connectivity index (χ4n) is 3.96. The van der Waals surface area contributed by atoms with Gasteiger partial charge in [0.15, 0.2) is 6.10 Å². The van der Waals surface area contributed by atoms with E-state index in [9.17, 15) is 9.59 Å². The molecule has 0 saturated carbocycles. The third kappa shape index (κ3) is 3.55. The van der Waals surface area contributed by atoms with Crippen molar-refractivity contribution in [3.63, 3.8) is 0 Å². The van der Waals surface area contributed by atoms with E-state index >= 15 is 0 Å². The molecule has 136 valence electrons. The predicted molar refractivity (Wildman–Crippen MR) is 91.1 cm³/mol. The molecule has 4 atom stereocenters. The van der Waals surface area contributed by atoms with E-state index in [1.54, 1.807) is 6.07 Å². The topological polar surface area (TPSA) is 65.1 Å². The summed E-state index contributed by atoms with van der Waals surface area (Å²) in [6.45, 7) is 2.81. The molecule has 2 fully saturated rings. The molecule has 0 amide bonds. The van der Waals surface area contributed by atoms with Crippen molar-refractivity contribution in [3.8, 4) is 0 Å². The van der Waals surface area contributed by atoms with Gasteiger partial charge in [0.05, 0.1) is 25.9 Å². The minimum Gasteiger partial charge on any atom is -0.467 e. The Balaban J connectivity index is 1.81. The molecule has 0 radical (unpaired) electrons. The van der Waals surface area contributed by atoms with Gasteiger partial charge in [-0.3, -0.25) is 4.90 Å². The van der Waals surface area contributed by atoms with E-state index in [0.29, 0.717) is 24.6 Å². The molecule has 0 aliphatic carbocycles. The van der Waals surface area contributed by atoms with E-state index in [4.69, 9.17) is 14.2 Å². The average Bonchev–Trinajstić information content (AvgIpc) is 3.07. The van der Waals surface area contributed by atoms with Gasteiger partial charge in [0.1, 0.15) is 0 Å². The number of hydrogen-bond acceptors (Lipinski definition) is 6. The molecule has 2 heterocycles. The van der Waals surface area contributed by atoms with Crippen LogP contribution in [0, 0.1) is 0 Å². The first-order valence-electron chi connectivity index (χ1n) is 8.70. The Labute approximate surface area is 148 Å². The highest BCUT2D eigenvalue weighted by Crippen LogP contribution is 2.36. The van der Waals surface area contributed by atoms with Crippen LogP contribution in [0.1, 0.15) is 42.1 Å². The first-order chi connectivity index (χ1) is 12.0. The van der Waals surface area contributed by atoms with Crippen LogP contribution in [0.4, 0.5) is 0 Å². The van der Waals surface area contributed by atoms with Crippen LogP contribution in [0.5, 0.6) is 0 Å². The number of rotatable bonds is 4. The van der Waals surface area contributed by atoms with Crippen molar-refractivity contribution in [1.82, 2.24) is 4.90 Å². The Morgan fingerprint density at radius 3 is 2.68 bits per heavy atom. The van der Waals surface area contributed by atoms with E-state index in [-0.39, 0.29) is 24.1 Å². The van der Waals surface area contributed by atoms with Crippen LogP contribution < -0.4 is 0 Å². The predicted octanol–water partition coefficient (Wildman–Crippen LogP) is 2.16. The first-order valence-corrected chi connectivity index (χ1v) is 8.70. The van der Waals surface area contributed by atoms with Crippen LogP contribution in [0.2, 0.25) is 0 Å². The van der Waals surface area contributed by atoms with Gasteiger partial charge in [-0.05, 0) is 31.4 Å². The number of nitrogens with zero attached hydrogens (tertiary/aromatic N) is 1. The van der Waals surface area contributed by atoms with Gasteiger partial charge in [-0.1, -0.05) is 18.2 Å². The first kappa shape index (κ1) is 17.9. The zero-order valence-corrected chi connectivity index (χ0v) is 14.9. The maximum absolute atomic E-state index is 12.0. The van der Waals surface area contributed by atoms with Crippen molar-refractivity contribution in [2.75, 3.05) is 14.2 Å². The molecular formula is C19H25NO5. The maximum Gasteiger partial charge on any atom is 0.338 e. The molecule has 4 unspecified atom stereocenters. The average molecular weight is 347 g/mol.